The van der Waals surface area contributed by atoms with Crippen LogP contribution in [0.15, 0.2) is 22.7 Å². The second kappa shape index (κ2) is 5.87. The molecular weight excluding hydrogens is 302 g/mol. The molecule has 8 heteroatoms. The summed E-state index contributed by atoms with van der Waals surface area (Å²) in [5, 5.41) is 21.9. The molecule has 0 saturated carbocycles. The maximum Gasteiger partial charge on any atom is 0.270 e. The fraction of sp³-hybridized carbons (Fsp3) is 0.333. The minimum Gasteiger partial charge on any atom is -0.385 e. The van der Waals surface area contributed by atoms with Crippen LogP contribution in [-0.2, 0) is 0 Å². The molecular formula is C9H9BrF2N2O3. The van der Waals surface area contributed by atoms with Crippen LogP contribution in [0, 0.1) is 10.1 Å². The average molecular weight is 311 g/mol. The molecule has 1 atom stereocenters. The lowest BCUT2D eigenvalue weighted by Gasteiger charge is -2.12. The zero-order valence-electron chi connectivity index (χ0n) is 8.44. The van der Waals surface area contributed by atoms with Gasteiger partial charge in [-0.1, -0.05) is 0 Å². The molecule has 17 heavy (non-hydrogen) atoms. The van der Waals surface area contributed by atoms with E-state index in [1.165, 1.54) is 18.2 Å². The van der Waals surface area contributed by atoms with E-state index < -0.39 is 17.5 Å². The van der Waals surface area contributed by atoms with Crippen molar-refractivity contribution in [2.75, 3.05) is 11.9 Å². The monoisotopic (exact) mass is 310 g/mol. The highest BCUT2D eigenvalue weighted by molar-refractivity contribution is 9.10. The van der Waals surface area contributed by atoms with E-state index in [0.717, 1.165) is 0 Å². The molecule has 94 valence electrons. The number of benzene rings is 1. The number of nitrogens with one attached hydrogen (secondary N) is 1. The minimum atomic E-state index is -2.83. The Labute approximate surface area is 104 Å². The van der Waals surface area contributed by atoms with Crippen molar-refractivity contribution in [3.8, 4) is 0 Å². The molecule has 0 spiro atoms. The van der Waals surface area contributed by atoms with Crippen LogP contribution >= 0.6 is 15.9 Å². The molecule has 0 aliphatic heterocycles. The second-order valence-corrected chi connectivity index (χ2v) is 4.06. The average Bonchev–Trinajstić information content (AvgIpc) is 2.26. The molecule has 0 aliphatic rings. The maximum absolute atomic E-state index is 12.0. The Morgan fingerprint density at radius 1 is 1.53 bits per heavy atom. The van der Waals surface area contributed by atoms with Crippen molar-refractivity contribution in [2.45, 2.75) is 12.5 Å². The summed E-state index contributed by atoms with van der Waals surface area (Å²) in [6, 6.07) is 3.86. The number of hydrogen-bond acceptors (Lipinski definition) is 4. The molecule has 1 aromatic carbocycles. The van der Waals surface area contributed by atoms with Gasteiger partial charge >= 0.3 is 0 Å². The van der Waals surface area contributed by atoms with Gasteiger partial charge in [-0.3, -0.25) is 10.1 Å². The van der Waals surface area contributed by atoms with Crippen molar-refractivity contribution in [1.82, 2.24) is 0 Å². The van der Waals surface area contributed by atoms with Crippen LogP contribution in [0.1, 0.15) is 0 Å². The summed E-state index contributed by atoms with van der Waals surface area (Å²) in [4.78, 5) is 9.88. The lowest BCUT2D eigenvalue weighted by atomic mass is 10.2. The van der Waals surface area contributed by atoms with Crippen molar-refractivity contribution in [2.24, 2.45) is 0 Å². The smallest absolute Gasteiger partial charge is 0.270 e. The number of halogens is 3. The van der Waals surface area contributed by atoms with Gasteiger partial charge in [-0.2, -0.15) is 0 Å². The molecule has 1 unspecified atom stereocenters. The van der Waals surface area contributed by atoms with E-state index in [9.17, 15) is 18.9 Å². The number of aliphatic hydroxyl groups excluding tert-OH is 1. The summed E-state index contributed by atoms with van der Waals surface area (Å²) >= 11 is 3.07. The summed E-state index contributed by atoms with van der Waals surface area (Å²) in [7, 11) is 0. The van der Waals surface area contributed by atoms with Gasteiger partial charge in [0.2, 0.25) is 0 Å². The first kappa shape index (κ1) is 13.8. The van der Waals surface area contributed by atoms with Crippen molar-refractivity contribution >= 4 is 27.3 Å². The fourth-order valence-corrected chi connectivity index (χ4v) is 1.57. The number of nitro benzene ring substituents is 1. The van der Waals surface area contributed by atoms with Crippen LogP contribution in [0.2, 0.25) is 0 Å². The van der Waals surface area contributed by atoms with Gasteiger partial charge < -0.3 is 10.4 Å². The van der Waals surface area contributed by atoms with E-state index in [0.29, 0.717) is 10.2 Å². The topological polar surface area (TPSA) is 75.4 Å². The molecule has 0 fully saturated rings. The molecule has 0 aliphatic carbocycles. The Kier molecular flexibility index (Phi) is 4.76. The Morgan fingerprint density at radius 3 is 2.65 bits per heavy atom. The van der Waals surface area contributed by atoms with Crippen LogP contribution < -0.4 is 5.32 Å². The Balaban J connectivity index is 2.70. The Morgan fingerprint density at radius 2 is 2.18 bits per heavy atom. The first-order chi connectivity index (χ1) is 7.91. The van der Waals surface area contributed by atoms with Crippen LogP contribution in [0.5, 0.6) is 0 Å². The van der Waals surface area contributed by atoms with Crippen molar-refractivity contribution in [3.05, 3.63) is 32.8 Å². The molecule has 0 aromatic heterocycles. The highest BCUT2D eigenvalue weighted by Crippen LogP contribution is 2.27. The zero-order chi connectivity index (χ0) is 13.0. The van der Waals surface area contributed by atoms with Gasteiger partial charge in [-0.25, -0.2) is 8.78 Å². The molecule has 0 bridgehead atoms. The zero-order valence-corrected chi connectivity index (χ0v) is 10.0. The normalized spacial score (nSPS) is 12.5. The molecule has 1 rings (SSSR count). The van der Waals surface area contributed by atoms with Crippen LogP contribution in [-0.4, -0.2) is 29.1 Å². The Hall–Kier alpha value is -1.28. The molecule has 0 saturated heterocycles. The summed E-state index contributed by atoms with van der Waals surface area (Å²) in [6.07, 6.45) is -4.61. The number of aliphatic hydroxyl groups is 1. The van der Waals surface area contributed by atoms with Gasteiger partial charge in [0.05, 0.1) is 4.92 Å². The summed E-state index contributed by atoms with van der Waals surface area (Å²) in [6.45, 7) is -0.339. The van der Waals surface area contributed by atoms with Gasteiger partial charge in [0.15, 0.2) is 0 Å². The highest BCUT2D eigenvalue weighted by atomic mass is 79.9. The Bertz CT molecular complexity index is 417. The van der Waals surface area contributed by atoms with Gasteiger partial charge in [0.1, 0.15) is 6.10 Å². The standard InChI is InChI=1S/C9H9BrF2N2O3/c10-6-3-5(14(16)17)1-2-7(6)13-4-8(15)9(11)12/h1-3,8-9,13,15H,4H2. The van der Waals surface area contributed by atoms with Gasteiger partial charge in [-0.15, -0.1) is 0 Å². The molecule has 1 aromatic rings. The third-order valence-corrected chi connectivity index (χ3v) is 2.61. The minimum absolute atomic E-state index is 0.114. The number of nitrogens with zero attached hydrogens (tertiary/aromatic N) is 1. The van der Waals surface area contributed by atoms with E-state index in [1.807, 2.05) is 0 Å². The van der Waals surface area contributed by atoms with E-state index in [2.05, 4.69) is 21.2 Å². The number of alkyl halides is 2. The van der Waals surface area contributed by atoms with E-state index in [4.69, 9.17) is 5.11 Å². The first-order valence-electron chi connectivity index (χ1n) is 4.56. The second-order valence-electron chi connectivity index (χ2n) is 3.20. The van der Waals surface area contributed by atoms with Gasteiger partial charge in [0, 0.05) is 28.8 Å². The summed E-state index contributed by atoms with van der Waals surface area (Å²) in [5.41, 5.74) is 0.284. The van der Waals surface area contributed by atoms with Crippen molar-refractivity contribution in [1.29, 1.82) is 0 Å². The molecule has 0 amide bonds. The number of non-ortho nitro benzene ring substituents is 1. The van der Waals surface area contributed by atoms with Gasteiger partial charge in [0.25, 0.3) is 12.1 Å². The number of nitro groups is 1. The number of hydrogen-bond donors (Lipinski definition) is 2. The van der Waals surface area contributed by atoms with Crippen molar-refractivity contribution in [3.63, 3.8) is 0 Å². The summed E-state index contributed by atoms with van der Waals surface area (Å²) < 4.78 is 24.4. The lowest BCUT2D eigenvalue weighted by molar-refractivity contribution is -0.384. The first-order valence-corrected chi connectivity index (χ1v) is 5.35. The maximum atomic E-state index is 12.0. The molecule has 2 N–H and O–H groups in total. The predicted molar refractivity (Wildman–Crippen MR) is 61.3 cm³/mol. The summed E-state index contributed by atoms with van der Waals surface area (Å²) in [5.74, 6) is 0. The SMILES string of the molecule is O=[N+]([O-])c1ccc(NCC(O)C(F)F)c(Br)c1. The highest BCUT2D eigenvalue weighted by Gasteiger charge is 2.17. The molecule has 0 radical (unpaired) electrons. The molecule has 0 heterocycles. The van der Waals surface area contributed by atoms with Crippen LogP contribution in [0.4, 0.5) is 20.2 Å². The quantitative estimate of drug-likeness (QED) is 0.647. The number of rotatable bonds is 5. The van der Waals surface area contributed by atoms with Crippen molar-refractivity contribution < 1.29 is 18.8 Å². The third-order valence-electron chi connectivity index (χ3n) is 1.96. The van der Waals surface area contributed by atoms with Crippen LogP contribution in [0.25, 0.3) is 0 Å². The van der Waals surface area contributed by atoms with Gasteiger partial charge in [-0.05, 0) is 22.0 Å². The largest absolute Gasteiger partial charge is 0.385 e. The number of anilines is 1. The predicted octanol–water partition coefficient (Wildman–Crippen LogP) is 2.40. The third kappa shape index (κ3) is 3.90. The van der Waals surface area contributed by atoms with E-state index in [-0.39, 0.29) is 12.2 Å². The van der Waals surface area contributed by atoms with Crippen LogP contribution in [0.3, 0.4) is 0 Å². The lowest BCUT2D eigenvalue weighted by Crippen LogP contribution is -2.26. The van der Waals surface area contributed by atoms with E-state index in [1.54, 1.807) is 0 Å². The van der Waals surface area contributed by atoms with E-state index >= 15 is 0 Å². The fourth-order valence-electron chi connectivity index (χ4n) is 1.06. The molecule has 5 nitrogen and oxygen atoms in total.